The molecule has 15 nitrogen and oxygen atoms in total. The molecule has 9 aromatic rings. The highest BCUT2D eigenvalue weighted by molar-refractivity contribution is 6.21. The van der Waals surface area contributed by atoms with Crippen LogP contribution in [-0.4, -0.2) is 56.6 Å². The molecule has 0 saturated carbocycles. The molecule has 15 heteroatoms. The largest absolute Gasteiger partial charge is 0.507 e. The minimum Gasteiger partial charge on any atom is -0.507 e. The highest BCUT2D eigenvalue weighted by atomic mass is 16.7. The van der Waals surface area contributed by atoms with Crippen LogP contribution >= 0.6 is 0 Å². The number of hydrogen-bond acceptors (Lipinski definition) is 15. The van der Waals surface area contributed by atoms with Gasteiger partial charge in [0.2, 0.25) is 29.2 Å². The molecule has 1 atom stereocenters. The van der Waals surface area contributed by atoms with Crippen molar-refractivity contribution in [2.45, 2.75) is 45.7 Å². The Hall–Kier alpha value is -10.1. The topological polar surface area (TPSA) is 173 Å². The van der Waals surface area contributed by atoms with E-state index >= 15 is 14.4 Å². The zero-order valence-electron chi connectivity index (χ0n) is 45.7. The fourth-order valence-electron chi connectivity index (χ4n) is 8.48. The zero-order chi connectivity index (χ0) is 57.6. The number of benzene rings is 9. The van der Waals surface area contributed by atoms with Crippen molar-refractivity contribution in [3.63, 3.8) is 0 Å². The lowest BCUT2D eigenvalue weighted by atomic mass is 9.96. The molecule has 0 radical (unpaired) electrons. The zero-order valence-corrected chi connectivity index (χ0v) is 45.7. The SMILES string of the molecule is COCOc1cc(O)c(C(=O)C(OC(=O)c2cc(OCc3ccccc3)c(OCc3ccccc3)c(OCc3ccccc3)c2)C(=O)c2cc(OCc3ccccc3)c(OCc3ccccc3)c(OCc3ccccc3)c2)c(OCOC)c1. The maximum atomic E-state index is 15.7. The van der Waals surface area contributed by atoms with Crippen molar-refractivity contribution in [1.29, 1.82) is 0 Å². The molecule has 83 heavy (non-hydrogen) atoms. The van der Waals surface area contributed by atoms with Crippen molar-refractivity contribution >= 4 is 17.5 Å². The van der Waals surface area contributed by atoms with Gasteiger partial charge in [0.15, 0.2) is 36.6 Å². The Bertz CT molecular complexity index is 3400. The standard InChI is InChI=1S/C68H60O15/c1-73-45-81-55-37-56(69)62(57(38-55)82-46-74-2)64(71)67(63(70)53-33-58(75-39-47-21-9-3-10-22-47)65(79-43-51-29-17-7-18-30-51)59(34-53)76-40-48-23-11-4-12-24-48)83-68(72)54-35-60(77-41-49-25-13-5-14-26-49)66(80-44-52-31-19-8-20-32-52)61(36-54)78-42-50-27-15-6-16-28-50/h3-38,67,69H,39-46H2,1-2H3. The average molecular weight is 1120 g/mol. The second-order valence-electron chi connectivity index (χ2n) is 18.7. The molecule has 0 amide bonds. The Balaban J connectivity index is 1.18. The van der Waals surface area contributed by atoms with E-state index in [1.54, 1.807) is 0 Å². The number of phenolic OH excluding ortho intramolecular Hbond substituents is 1. The lowest BCUT2D eigenvalue weighted by Gasteiger charge is -2.22. The highest BCUT2D eigenvalue weighted by Crippen LogP contribution is 2.44. The Morgan fingerprint density at radius 2 is 0.687 bits per heavy atom. The van der Waals surface area contributed by atoms with Crippen molar-refractivity contribution < 1.29 is 71.6 Å². The molecule has 0 aliphatic carbocycles. The molecule has 0 fully saturated rings. The van der Waals surface area contributed by atoms with Crippen LogP contribution in [0.25, 0.3) is 0 Å². The van der Waals surface area contributed by atoms with Gasteiger partial charge in [-0.25, -0.2) is 4.79 Å². The van der Waals surface area contributed by atoms with Gasteiger partial charge in [0.1, 0.15) is 62.5 Å². The van der Waals surface area contributed by atoms with Gasteiger partial charge in [0.05, 0.1) is 5.56 Å². The van der Waals surface area contributed by atoms with Crippen LogP contribution in [0.1, 0.15) is 64.5 Å². The molecular formula is C68H60O15. The number of phenols is 1. The fraction of sp³-hybridized carbons (Fsp3) is 0.162. The first kappa shape index (κ1) is 57.6. The fourth-order valence-corrected chi connectivity index (χ4v) is 8.48. The van der Waals surface area contributed by atoms with Gasteiger partial charge in [0.25, 0.3) is 0 Å². The van der Waals surface area contributed by atoms with Crippen LogP contribution in [0.4, 0.5) is 0 Å². The van der Waals surface area contributed by atoms with E-state index in [0.29, 0.717) is 0 Å². The number of aromatic hydroxyl groups is 1. The number of ketones is 2. The van der Waals surface area contributed by atoms with Gasteiger partial charge in [-0.3, -0.25) is 9.59 Å². The molecule has 0 bridgehead atoms. The van der Waals surface area contributed by atoms with Crippen LogP contribution < -0.4 is 37.9 Å². The lowest BCUT2D eigenvalue weighted by Crippen LogP contribution is -2.36. The molecule has 0 saturated heterocycles. The summed E-state index contributed by atoms with van der Waals surface area (Å²) in [6, 6.07) is 64.4. The monoisotopic (exact) mass is 1120 g/mol. The molecule has 0 aliphatic heterocycles. The number of methoxy groups -OCH3 is 2. The minimum absolute atomic E-state index is 0.0234. The first-order chi connectivity index (χ1) is 40.7. The van der Waals surface area contributed by atoms with Crippen molar-refractivity contribution in [1.82, 2.24) is 0 Å². The summed E-state index contributed by atoms with van der Waals surface area (Å²) in [5.74, 6) is -3.69. The van der Waals surface area contributed by atoms with Gasteiger partial charge < -0.3 is 57.2 Å². The quantitative estimate of drug-likeness (QED) is 0.0195. The number of rotatable bonds is 30. The second kappa shape index (κ2) is 29.4. The number of ether oxygens (including phenoxy) is 11. The van der Waals surface area contributed by atoms with E-state index in [0.717, 1.165) is 39.4 Å². The Morgan fingerprint density at radius 3 is 1.04 bits per heavy atom. The number of Topliss-reactive ketones (excluding diaryl/α,β-unsaturated/α-hetero) is 2. The predicted molar refractivity (Wildman–Crippen MR) is 309 cm³/mol. The van der Waals surface area contributed by atoms with Crippen molar-refractivity contribution in [2.75, 3.05) is 27.8 Å². The number of carbonyl (C=O) groups is 3. The summed E-state index contributed by atoms with van der Waals surface area (Å²) in [5, 5.41) is 11.8. The van der Waals surface area contributed by atoms with Gasteiger partial charge in [0, 0.05) is 31.9 Å². The van der Waals surface area contributed by atoms with Crippen LogP contribution in [0.5, 0.6) is 51.7 Å². The van der Waals surface area contributed by atoms with Gasteiger partial charge in [-0.1, -0.05) is 182 Å². The number of esters is 1. The molecule has 0 spiro atoms. The van der Waals surface area contributed by atoms with Crippen LogP contribution in [-0.2, 0) is 53.9 Å². The van der Waals surface area contributed by atoms with Crippen LogP contribution in [0.15, 0.2) is 218 Å². The van der Waals surface area contributed by atoms with Crippen molar-refractivity contribution in [3.8, 4) is 51.7 Å². The van der Waals surface area contributed by atoms with Crippen LogP contribution in [0, 0.1) is 0 Å². The van der Waals surface area contributed by atoms with Gasteiger partial charge >= 0.3 is 5.97 Å². The van der Waals surface area contributed by atoms with Gasteiger partial charge in [-0.05, 0) is 57.6 Å². The van der Waals surface area contributed by atoms with E-state index in [9.17, 15) is 5.11 Å². The van der Waals surface area contributed by atoms with Crippen molar-refractivity contribution in [3.05, 3.63) is 268 Å². The van der Waals surface area contributed by atoms with E-state index < -0.39 is 41.7 Å². The minimum atomic E-state index is -2.35. The molecule has 1 N–H and O–H groups in total. The summed E-state index contributed by atoms with van der Waals surface area (Å²) in [5.41, 5.74) is 3.93. The van der Waals surface area contributed by atoms with E-state index in [1.807, 2.05) is 182 Å². The van der Waals surface area contributed by atoms with Crippen LogP contribution in [0.2, 0.25) is 0 Å². The second-order valence-corrected chi connectivity index (χ2v) is 18.7. The smallest absolute Gasteiger partial charge is 0.339 e. The third-order valence-corrected chi connectivity index (χ3v) is 12.6. The molecule has 9 aromatic carbocycles. The van der Waals surface area contributed by atoms with Gasteiger partial charge in [-0.15, -0.1) is 0 Å². The van der Waals surface area contributed by atoms with E-state index in [2.05, 4.69) is 0 Å². The summed E-state index contributed by atoms with van der Waals surface area (Å²) >= 11 is 0. The Morgan fingerprint density at radius 1 is 0.361 bits per heavy atom. The average Bonchev–Trinajstić information content (AvgIpc) is 3.70. The first-order valence-electron chi connectivity index (χ1n) is 26.5. The normalized spacial score (nSPS) is 11.2. The van der Waals surface area contributed by atoms with Gasteiger partial charge in [-0.2, -0.15) is 0 Å². The van der Waals surface area contributed by atoms with Crippen molar-refractivity contribution in [2.24, 2.45) is 0 Å². The molecule has 9 rings (SSSR count). The molecule has 0 aromatic heterocycles. The number of hydrogen-bond donors (Lipinski definition) is 1. The lowest BCUT2D eigenvalue weighted by molar-refractivity contribution is 0.0264. The molecule has 0 heterocycles. The first-order valence-corrected chi connectivity index (χ1v) is 26.5. The predicted octanol–water partition coefficient (Wildman–Crippen LogP) is 13.1. The Kier molecular flexibility index (Phi) is 20.4. The molecular weight excluding hydrogens is 1060 g/mol. The third kappa shape index (κ3) is 16.1. The number of carbonyl (C=O) groups excluding carboxylic acids is 3. The van der Waals surface area contributed by atoms with E-state index in [-0.39, 0.29) is 104 Å². The highest BCUT2D eigenvalue weighted by Gasteiger charge is 2.38. The Labute approximate surface area is 481 Å². The molecule has 422 valence electrons. The maximum Gasteiger partial charge on any atom is 0.339 e. The summed E-state index contributed by atoms with van der Waals surface area (Å²) in [7, 11) is 2.77. The molecule has 1 unspecified atom stereocenters. The summed E-state index contributed by atoms with van der Waals surface area (Å²) < 4.78 is 66.9. The third-order valence-electron chi connectivity index (χ3n) is 12.6. The molecule has 0 aliphatic rings. The van der Waals surface area contributed by atoms with E-state index in [1.165, 1.54) is 44.6 Å². The summed E-state index contributed by atoms with van der Waals surface area (Å²) in [4.78, 5) is 46.4. The summed E-state index contributed by atoms with van der Waals surface area (Å²) in [6.07, 6.45) is -2.35. The van der Waals surface area contributed by atoms with E-state index in [4.69, 9.17) is 52.1 Å². The van der Waals surface area contributed by atoms with Crippen LogP contribution in [0.3, 0.4) is 0 Å². The summed E-state index contributed by atoms with van der Waals surface area (Å²) in [6.45, 7) is -0.332. The maximum absolute atomic E-state index is 15.7.